The average molecular weight is 376 g/mol. The normalized spacial score (nSPS) is 10.6. The number of thioether (sulfide) groups is 1. The molecular formula is C24H25NOS. The lowest BCUT2D eigenvalue weighted by Crippen LogP contribution is -2.28. The molecule has 0 unspecified atom stereocenters. The lowest BCUT2D eigenvalue weighted by Gasteiger charge is -2.25. The highest BCUT2D eigenvalue weighted by molar-refractivity contribution is 7.98. The van der Waals surface area contributed by atoms with Gasteiger partial charge in [-0.15, -0.1) is 11.8 Å². The molecule has 3 heteroatoms. The third-order valence-electron chi connectivity index (χ3n) is 4.77. The molecule has 0 saturated carbocycles. The molecule has 0 saturated heterocycles. The van der Waals surface area contributed by atoms with Crippen LogP contribution in [-0.4, -0.2) is 5.91 Å². The van der Waals surface area contributed by atoms with Gasteiger partial charge in [0.1, 0.15) is 0 Å². The minimum absolute atomic E-state index is 0.0576. The molecule has 0 aromatic heterocycles. The summed E-state index contributed by atoms with van der Waals surface area (Å²) in [4.78, 5) is 15.5. The maximum absolute atomic E-state index is 12.5. The fraction of sp³-hybridized carbons (Fsp3) is 0.208. The summed E-state index contributed by atoms with van der Waals surface area (Å²) < 4.78 is 0. The second-order valence-corrected chi connectivity index (χ2v) is 7.73. The summed E-state index contributed by atoms with van der Waals surface area (Å²) in [6.07, 6.45) is 0. The van der Waals surface area contributed by atoms with E-state index in [-0.39, 0.29) is 5.91 Å². The summed E-state index contributed by atoms with van der Waals surface area (Å²) in [5.74, 6) is 0.946. The van der Waals surface area contributed by atoms with Crippen LogP contribution in [0.5, 0.6) is 0 Å². The average Bonchev–Trinajstić information content (AvgIpc) is 2.67. The molecule has 1 amide bonds. The van der Waals surface area contributed by atoms with Crippen molar-refractivity contribution >= 4 is 23.4 Å². The van der Waals surface area contributed by atoms with Gasteiger partial charge in [0.15, 0.2) is 0 Å². The SMILES string of the molecule is CC(=O)N(Cc1ccccc1C)c1ccccc1SCc1ccccc1C. The molecule has 0 heterocycles. The Hall–Kier alpha value is -2.52. The second-order valence-electron chi connectivity index (χ2n) is 6.71. The number of hydrogen-bond acceptors (Lipinski definition) is 2. The Kier molecular flexibility index (Phi) is 6.36. The molecule has 0 radical (unpaired) electrons. The molecule has 0 aliphatic heterocycles. The number of anilines is 1. The Morgan fingerprint density at radius 2 is 1.37 bits per heavy atom. The maximum atomic E-state index is 12.5. The van der Waals surface area contributed by atoms with E-state index in [9.17, 15) is 4.79 Å². The molecule has 2 nitrogen and oxygen atoms in total. The van der Waals surface area contributed by atoms with Crippen molar-refractivity contribution in [2.45, 2.75) is 38.0 Å². The molecule has 0 atom stereocenters. The van der Waals surface area contributed by atoms with Crippen molar-refractivity contribution in [1.29, 1.82) is 0 Å². The summed E-state index contributed by atoms with van der Waals surface area (Å²) in [5, 5.41) is 0. The van der Waals surface area contributed by atoms with E-state index in [1.165, 1.54) is 22.3 Å². The van der Waals surface area contributed by atoms with Gasteiger partial charge in [0.25, 0.3) is 0 Å². The molecular weight excluding hydrogens is 350 g/mol. The van der Waals surface area contributed by atoms with E-state index < -0.39 is 0 Å². The van der Waals surface area contributed by atoms with Crippen LogP contribution in [-0.2, 0) is 17.1 Å². The van der Waals surface area contributed by atoms with Gasteiger partial charge in [-0.05, 0) is 48.2 Å². The minimum atomic E-state index is 0.0576. The fourth-order valence-electron chi connectivity index (χ4n) is 3.05. The molecule has 27 heavy (non-hydrogen) atoms. The van der Waals surface area contributed by atoms with Crippen LogP contribution in [0.15, 0.2) is 77.7 Å². The van der Waals surface area contributed by atoms with Gasteiger partial charge in [-0.25, -0.2) is 0 Å². The highest BCUT2D eigenvalue weighted by Crippen LogP contribution is 2.34. The third-order valence-corrected chi connectivity index (χ3v) is 5.88. The number of hydrogen-bond donors (Lipinski definition) is 0. The van der Waals surface area contributed by atoms with Crippen LogP contribution in [0.1, 0.15) is 29.2 Å². The molecule has 0 fully saturated rings. The van der Waals surface area contributed by atoms with E-state index in [2.05, 4.69) is 56.3 Å². The van der Waals surface area contributed by atoms with Crippen molar-refractivity contribution in [1.82, 2.24) is 0 Å². The zero-order valence-electron chi connectivity index (χ0n) is 16.1. The van der Waals surface area contributed by atoms with Crippen LogP contribution in [0.3, 0.4) is 0 Å². The first-order chi connectivity index (χ1) is 13.1. The van der Waals surface area contributed by atoms with Crippen LogP contribution in [0.2, 0.25) is 0 Å². The van der Waals surface area contributed by atoms with Crippen molar-refractivity contribution in [3.05, 3.63) is 95.1 Å². The molecule has 0 N–H and O–H groups in total. The number of nitrogens with zero attached hydrogens (tertiary/aromatic N) is 1. The second kappa shape index (κ2) is 8.92. The molecule has 0 spiro atoms. The molecule has 3 rings (SSSR count). The number of rotatable bonds is 6. The summed E-state index contributed by atoms with van der Waals surface area (Å²) in [7, 11) is 0. The van der Waals surface area contributed by atoms with Crippen molar-refractivity contribution in [2.75, 3.05) is 4.90 Å². The number of carbonyl (C=O) groups is 1. The van der Waals surface area contributed by atoms with Crippen LogP contribution in [0.25, 0.3) is 0 Å². The van der Waals surface area contributed by atoms with Gasteiger partial charge in [0.2, 0.25) is 5.91 Å². The van der Waals surface area contributed by atoms with Gasteiger partial charge in [-0.1, -0.05) is 60.7 Å². The van der Waals surface area contributed by atoms with E-state index in [1.54, 1.807) is 18.7 Å². The largest absolute Gasteiger partial charge is 0.307 e. The maximum Gasteiger partial charge on any atom is 0.224 e. The highest BCUT2D eigenvalue weighted by Gasteiger charge is 2.17. The Morgan fingerprint density at radius 3 is 2.00 bits per heavy atom. The van der Waals surface area contributed by atoms with Gasteiger partial charge in [-0.3, -0.25) is 4.79 Å². The summed E-state index contributed by atoms with van der Waals surface area (Å²) in [6.45, 7) is 6.46. The van der Waals surface area contributed by atoms with Crippen molar-refractivity contribution < 1.29 is 4.79 Å². The lowest BCUT2D eigenvalue weighted by molar-refractivity contribution is -0.116. The van der Waals surface area contributed by atoms with Gasteiger partial charge in [-0.2, -0.15) is 0 Å². The zero-order valence-corrected chi connectivity index (χ0v) is 16.9. The highest BCUT2D eigenvalue weighted by atomic mass is 32.2. The van der Waals surface area contributed by atoms with E-state index in [4.69, 9.17) is 0 Å². The Bertz CT molecular complexity index is 935. The first-order valence-electron chi connectivity index (χ1n) is 9.15. The molecule has 3 aromatic carbocycles. The van der Waals surface area contributed by atoms with Crippen molar-refractivity contribution in [3.63, 3.8) is 0 Å². The zero-order chi connectivity index (χ0) is 19.2. The van der Waals surface area contributed by atoms with E-state index >= 15 is 0 Å². The standard InChI is InChI=1S/C24H25NOS/c1-18-10-4-6-12-21(18)16-25(20(3)26)23-14-8-9-15-24(23)27-17-22-13-7-5-11-19(22)2/h4-15H,16-17H2,1-3H3. The number of para-hydroxylation sites is 1. The number of carbonyl (C=O) groups excluding carboxylic acids is 1. The van der Waals surface area contributed by atoms with Crippen LogP contribution in [0.4, 0.5) is 5.69 Å². The van der Waals surface area contributed by atoms with Gasteiger partial charge < -0.3 is 4.90 Å². The first kappa shape index (κ1) is 19.2. The number of amides is 1. The third kappa shape index (κ3) is 4.81. The summed E-state index contributed by atoms with van der Waals surface area (Å²) >= 11 is 1.78. The van der Waals surface area contributed by atoms with E-state index in [1.807, 2.05) is 35.2 Å². The van der Waals surface area contributed by atoms with E-state index in [0.717, 1.165) is 16.3 Å². The Labute approximate surface area is 166 Å². The molecule has 0 aliphatic carbocycles. The monoisotopic (exact) mass is 375 g/mol. The Morgan fingerprint density at radius 1 is 0.815 bits per heavy atom. The Balaban J connectivity index is 1.87. The molecule has 138 valence electrons. The fourth-order valence-corrected chi connectivity index (χ4v) is 4.19. The van der Waals surface area contributed by atoms with Crippen molar-refractivity contribution in [3.8, 4) is 0 Å². The van der Waals surface area contributed by atoms with Gasteiger partial charge in [0, 0.05) is 17.6 Å². The predicted octanol–water partition coefficient (Wildman–Crippen LogP) is 6.15. The molecule has 0 aliphatic rings. The van der Waals surface area contributed by atoms with Crippen LogP contribution < -0.4 is 4.90 Å². The summed E-state index contributed by atoms with van der Waals surface area (Å²) in [6, 6.07) is 24.9. The van der Waals surface area contributed by atoms with Crippen LogP contribution >= 0.6 is 11.8 Å². The van der Waals surface area contributed by atoms with Gasteiger partial charge in [0.05, 0.1) is 12.2 Å². The van der Waals surface area contributed by atoms with E-state index in [0.29, 0.717) is 6.54 Å². The summed E-state index contributed by atoms with van der Waals surface area (Å²) in [5.41, 5.74) is 5.98. The molecule has 3 aromatic rings. The predicted molar refractivity (Wildman–Crippen MR) is 115 cm³/mol. The minimum Gasteiger partial charge on any atom is -0.307 e. The smallest absolute Gasteiger partial charge is 0.224 e. The first-order valence-corrected chi connectivity index (χ1v) is 10.1. The number of aryl methyl sites for hydroxylation is 2. The molecule has 0 bridgehead atoms. The van der Waals surface area contributed by atoms with Crippen molar-refractivity contribution in [2.24, 2.45) is 0 Å². The lowest BCUT2D eigenvalue weighted by atomic mass is 10.1. The van der Waals surface area contributed by atoms with Gasteiger partial charge >= 0.3 is 0 Å². The number of benzene rings is 3. The topological polar surface area (TPSA) is 20.3 Å². The van der Waals surface area contributed by atoms with Crippen LogP contribution in [0, 0.1) is 13.8 Å². The quantitative estimate of drug-likeness (QED) is 0.482.